The number of nitrogens with zero attached hydrogens (tertiary/aromatic N) is 3. The van der Waals surface area contributed by atoms with E-state index in [1.54, 1.807) is 0 Å². The fraction of sp³-hybridized carbons (Fsp3) is 0.614. The summed E-state index contributed by atoms with van der Waals surface area (Å²) in [5, 5.41) is 3.05. The van der Waals surface area contributed by atoms with Crippen LogP contribution in [0.1, 0.15) is 89.2 Å². The molecule has 5 N–H and O–H groups in total. The van der Waals surface area contributed by atoms with Crippen LogP contribution in [0.5, 0.6) is 0 Å². The highest BCUT2D eigenvalue weighted by Gasteiger charge is 2.48. The fourth-order valence-electron chi connectivity index (χ4n) is 8.58. The number of amides is 4. The van der Waals surface area contributed by atoms with Gasteiger partial charge in [0, 0.05) is 69.4 Å². The van der Waals surface area contributed by atoms with Crippen LogP contribution in [0, 0.1) is 23.2 Å². The van der Waals surface area contributed by atoms with Gasteiger partial charge in [-0.25, -0.2) is 4.79 Å². The molecule has 0 aliphatic carbocycles. The van der Waals surface area contributed by atoms with Gasteiger partial charge in [-0.2, -0.15) is 0 Å². The number of likely N-dealkylation sites (tertiary alicyclic amines) is 3. The Balaban J connectivity index is 1.22. The van der Waals surface area contributed by atoms with Crippen molar-refractivity contribution in [3.63, 3.8) is 0 Å². The maximum Gasteiger partial charge on any atom is 0.320 e. The first-order valence-corrected chi connectivity index (χ1v) is 20.7. The van der Waals surface area contributed by atoms with Gasteiger partial charge in [-0.15, -0.1) is 0 Å². The zero-order chi connectivity index (χ0) is 39.4. The number of nitrogens with two attached hydrogens (primary N) is 2. The van der Waals surface area contributed by atoms with E-state index in [-0.39, 0.29) is 53.6 Å². The number of hydrogen-bond donors (Lipinski definition) is 3. The molecule has 3 saturated heterocycles. The predicted octanol–water partition coefficient (Wildman–Crippen LogP) is 4.75. The summed E-state index contributed by atoms with van der Waals surface area (Å²) >= 11 is 0. The predicted molar refractivity (Wildman–Crippen MR) is 215 cm³/mol. The second-order valence-corrected chi connectivity index (χ2v) is 16.9. The number of carbonyl (C=O) groups excluding carboxylic acids is 5. The summed E-state index contributed by atoms with van der Waals surface area (Å²) in [6.45, 7) is 8.92. The van der Waals surface area contributed by atoms with E-state index in [4.69, 9.17) is 11.5 Å². The number of urea groups is 1. The van der Waals surface area contributed by atoms with Crippen molar-refractivity contribution >= 4 is 29.4 Å². The lowest BCUT2D eigenvalue weighted by molar-refractivity contribution is -0.142. The molecule has 0 saturated carbocycles. The Hall–Kier alpha value is -4.09. The van der Waals surface area contributed by atoms with Crippen molar-refractivity contribution in [2.24, 2.45) is 34.6 Å². The van der Waals surface area contributed by atoms with E-state index in [0.29, 0.717) is 45.3 Å². The Morgan fingerprint density at radius 1 is 0.727 bits per heavy atom. The van der Waals surface area contributed by atoms with Crippen LogP contribution in [0.2, 0.25) is 0 Å². The topological polar surface area (TPSA) is 159 Å². The summed E-state index contributed by atoms with van der Waals surface area (Å²) in [5.41, 5.74) is 14.1. The van der Waals surface area contributed by atoms with E-state index in [2.05, 4.69) is 5.32 Å². The largest absolute Gasteiger partial charge is 0.346 e. The molecule has 300 valence electrons. The molecule has 11 heteroatoms. The Labute approximate surface area is 327 Å². The summed E-state index contributed by atoms with van der Waals surface area (Å²) in [6.07, 6.45) is 6.99. The molecule has 3 aliphatic rings. The minimum atomic E-state index is -0.789. The first kappa shape index (κ1) is 42.1. The highest BCUT2D eigenvalue weighted by molar-refractivity contribution is 5.95. The summed E-state index contributed by atoms with van der Waals surface area (Å²) in [7, 11) is 0. The van der Waals surface area contributed by atoms with Gasteiger partial charge in [-0.3, -0.25) is 19.2 Å². The molecule has 5 rings (SSSR count). The highest BCUT2D eigenvalue weighted by atomic mass is 16.2. The Bertz CT molecular complexity index is 1560. The van der Waals surface area contributed by atoms with Crippen LogP contribution in [0.4, 0.5) is 4.79 Å². The van der Waals surface area contributed by atoms with Crippen molar-refractivity contribution in [3.05, 3.63) is 71.8 Å². The number of Topliss-reactive ketones (excluding diaryl/α,β-unsaturated/α-hetero) is 2. The van der Waals surface area contributed by atoms with Crippen molar-refractivity contribution in [3.8, 4) is 0 Å². The third kappa shape index (κ3) is 12.0. The van der Waals surface area contributed by atoms with E-state index in [0.717, 1.165) is 75.8 Å². The van der Waals surface area contributed by atoms with Gasteiger partial charge < -0.3 is 31.5 Å². The molecule has 0 bridgehead atoms. The second-order valence-electron chi connectivity index (χ2n) is 16.9. The summed E-state index contributed by atoms with van der Waals surface area (Å²) in [6, 6.07) is 17.8. The van der Waals surface area contributed by atoms with Crippen molar-refractivity contribution in [2.45, 2.75) is 103 Å². The SMILES string of the molecule is CC(C)C[C@@H](NC(=O)[C@H](CC(=O)[C@H](N)Cc1ccccc1)Cc1ccccc1)C(=O)C[C@H](CCCCN)C(=O)N1CCC2(CC1)CN(C(=O)N1CCCC1)C2. The third-order valence-corrected chi connectivity index (χ3v) is 11.9. The average Bonchev–Trinajstić information content (AvgIpc) is 3.72. The van der Waals surface area contributed by atoms with Crippen LogP contribution in [-0.4, -0.2) is 102 Å². The van der Waals surface area contributed by atoms with Crippen LogP contribution in [0.25, 0.3) is 0 Å². The molecule has 0 aromatic heterocycles. The second kappa shape index (κ2) is 20.2. The number of carbonyl (C=O) groups is 5. The van der Waals surface area contributed by atoms with Crippen LogP contribution in [-0.2, 0) is 32.0 Å². The Morgan fingerprint density at radius 3 is 1.89 bits per heavy atom. The minimum absolute atomic E-state index is 0.0147. The van der Waals surface area contributed by atoms with Crippen LogP contribution in [0.3, 0.4) is 0 Å². The number of nitrogens with one attached hydrogen (secondary N) is 1. The van der Waals surface area contributed by atoms with Gasteiger partial charge in [0.25, 0.3) is 0 Å². The fourth-order valence-corrected chi connectivity index (χ4v) is 8.58. The van der Waals surface area contributed by atoms with Crippen molar-refractivity contribution in [2.75, 3.05) is 45.8 Å². The van der Waals surface area contributed by atoms with Crippen LogP contribution < -0.4 is 16.8 Å². The van der Waals surface area contributed by atoms with Crippen molar-refractivity contribution in [1.82, 2.24) is 20.0 Å². The van der Waals surface area contributed by atoms with E-state index >= 15 is 0 Å². The van der Waals surface area contributed by atoms with Gasteiger partial charge in [0.1, 0.15) is 0 Å². The molecule has 2 aromatic carbocycles. The number of rotatable bonds is 19. The smallest absolute Gasteiger partial charge is 0.320 e. The summed E-state index contributed by atoms with van der Waals surface area (Å²) < 4.78 is 0. The number of unbranched alkanes of at least 4 members (excludes halogenated alkanes) is 1. The van der Waals surface area contributed by atoms with E-state index in [9.17, 15) is 24.0 Å². The number of hydrogen-bond acceptors (Lipinski definition) is 7. The molecule has 0 radical (unpaired) electrons. The van der Waals surface area contributed by atoms with E-state index < -0.39 is 23.9 Å². The maximum absolute atomic E-state index is 14.2. The third-order valence-electron chi connectivity index (χ3n) is 11.9. The molecular formula is C44H64N6O5. The molecule has 4 atom stereocenters. The van der Waals surface area contributed by atoms with E-state index in [1.165, 1.54) is 0 Å². The summed E-state index contributed by atoms with van der Waals surface area (Å²) in [4.78, 5) is 74.6. The quantitative estimate of drug-likeness (QED) is 0.175. The van der Waals surface area contributed by atoms with Gasteiger partial charge in [0.15, 0.2) is 11.6 Å². The van der Waals surface area contributed by atoms with Gasteiger partial charge in [0.05, 0.1) is 12.1 Å². The normalized spacial score (nSPS) is 18.7. The van der Waals surface area contributed by atoms with Crippen LogP contribution >= 0.6 is 0 Å². The zero-order valence-corrected chi connectivity index (χ0v) is 33.1. The number of benzene rings is 2. The lowest BCUT2D eigenvalue weighted by atomic mass is 9.72. The van der Waals surface area contributed by atoms with Gasteiger partial charge in [0.2, 0.25) is 11.8 Å². The van der Waals surface area contributed by atoms with Crippen LogP contribution in [0.15, 0.2) is 60.7 Å². The molecule has 3 fully saturated rings. The first-order valence-electron chi connectivity index (χ1n) is 20.7. The lowest BCUT2D eigenvalue weighted by Gasteiger charge is -2.54. The first-order chi connectivity index (χ1) is 26.5. The molecule has 1 spiro atoms. The molecule has 11 nitrogen and oxygen atoms in total. The Kier molecular flexibility index (Phi) is 15.4. The van der Waals surface area contributed by atoms with E-state index in [1.807, 2.05) is 89.2 Å². The van der Waals surface area contributed by atoms with Crippen molar-refractivity contribution < 1.29 is 24.0 Å². The highest BCUT2D eigenvalue weighted by Crippen LogP contribution is 2.41. The molecule has 2 aromatic rings. The van der Waals surface area contributed by atoms with Gasteiger partial charge in [-0.05, 0) is 81.4 Å². The monoisotopic (exact) mass is 756 g/mol. The molecule has 3 aliphatic heterocycles. The maximum atomic E-state index is 14.2. The molecule has 4 amide bonds. The average molecular weight is 757 g/mol. The number of piperidine rings is 1. The van der Waals surface area contributed by atoms with Gasteiger partial charge >= 0.3 is 6.03 Å². The summed E-state index contributed by atoms with van der Waals surface area (Å²) in [5.74, 6) is -1.85. The molecule has 55 heavy (non-hydrogen) atoms. The zero-order valence-electron chi connectivity index (χ0n) is 33.1. The Morgan fingerprint density at radius 2 is 1.31 bits per heavy atom. The van der Waals surface area contributed by atoms with Crippen molar-refractivity contribution in [1.29, 1.82) is 0 Å². The minimum Gasteiger partial charge on any atom is -0.346 e. The molecule has 0 unspecified atom stereocenters. The molecule has 3 heterocycles. The standard InChI is InChI=1S/C44H64N6O5/c1-32(2)25-38(47-41(53)36(26-33-13-5-3-6-14-33)29-39(51)37(46)27-34-15-7-4-8-16-34)40(52)28-35(17-9-10-20-45)42(54)48-23-18-44(19-24-48)30-50(31-44)43(55)49-21-11-12-22-49/h3-8,13-16,32,35-38H,9-12,17-31,45-46H2,1-2H3,(H,47,53)/t35-,36-,37+,38+/m0/s1. The number of ketones is 2. The lowest BCUT2D eigenvalue weighted by Crippen LogP contribution is -2.64. The molecular weight excluding hydrogens is 693 g/mol. The van der Waals surface area contributed by atoms with Gasteiger partial charge in [-0.1, -0.05) is 80.9 Å².